The Kier molecular flexibility index (Phi) is 4.71. The zero-order valence-corrected chi connectivity index (χ0v) is 16.3. The maximum atomic E-state index is 7.76. The average Bonchev–Trinajstić information content (AvgIpc) is 3.53. The number of piperidine rings is 1. The first-order chi connectivity index (χ1) is 14.3. The molecule has 1 aliphatic carbocycles. The first kappa shape index (κ1) is 17.8. The SMILES string of the molecule is N=Cc1ccc(N2CCC(c3cnccn3)CC2)cc1Nc1cnn(C2CC2)c1. The fraction of sp³-hybridized carbons (Fsp3) is 0.364. The fourth-order valence-corrected chi connectivity index (χ4v) is 4.03. The van der Waals surface area contributed by atoms with E-state index in [1.165, 1.54) is 24.7 Å². The summed E-state index contributed by atoms with van der Waals surface area (Å²) in [5.74, 6) is 0.478. The molecule has 148 valence electrons. The zero-order chi connectivity index (χ0) is 19.6. The second kappa shape index (κ2) is 7.66. The normalized spacial score (nSPS) is 17.3. The minimum atomic E-state index is 0.478. The molecule has 0 radical (unpaired) electrons. The summed E-state index contributed by atoms with van der Waals surface area (Å²) in [6.07, 6.45) is 15.3. The molecule has 1 saturated carbocycles. The van der Waals surface area contributed by atoms with Gasteiger partial charge in [0.05, 0.1) is 23.6 Å². The van der Waals surface area contributed by atoms with Gasteiger partial charge in [0.1, 0.15) is 0 Å². The fourth-order valence-electron chi connectivity index (χ4n) is 4.03. The highest BCUT2D eigenvalue weighted by Gasteiger charge is 2.25. The lowest BCUT2D eigenvalue weighted by Gasteiger charge is -2.33. The molecule has 1 aromatic carbocycles. The van der Waals surface area contributed by atoms with Crippen LogP contribution in [0.25, 0.3) is 0 Å². The van der Waals surface area contributed by atoms with Crippen LogP contribution in [0.4, 0.5) is 17.1 Å². The van der Waals surface area contributed by atoms with E-state index in [-0.39, 0.29) is 0 Å². The van der Waals surface area contributed by atoms with Crippen molar-refractivity contribution in [1.82, 2.24) is 19.7 Å². The van der Waals surface area contributed by atoms with Gasteiger partial charge in [-0.1, -0.05) is 0 Å². The molecule has 5 rings (SSSR count). The molecular formula is C22H25N7. The monoisotopic (exact) mass is 387 g/mol. The van der Waals surface area contributed by atoms with E-state index in [0.717, 1.165) is 48.6 Å². The van der Waals surface area contributed by atoms with Gasteiger partial charge in [-0.05, 0) is 43.9 Å². The van der Waals surface area contributed by atoms with Gasteiger partial charge in [-0.3, -0.25) is 14.6 Å². The highest BCUT2D eigenvalue weighted by Crippen LogP contribution is 2.35. The Bertz CT molecular complexity index is 985. The van der Waals surface area contributed by atoms with Crippen molar-refractivity contribution in [2.75, 3.05) is 23.3 Å². The molecule has 0 bridgehead atoms. The molecule has 1 aliphatic heterocycles. The molecule has 0 unspecified atom stereocenters. The molecule has 0 amide bonds. The Hall–Kier alpha value is -3.22. The van der Waals surface area contributed by atoms with Crippen LogP contribution >= 0.6 is 0 Å². The summed E-state index contributed by atoms with van der Waals surface area (Å²) in [5.41, 5.74) is 5.08. The number of rotatable bonds is 6. The zero-order valence-electron chi connectivity index (χ0n) is 16.3. The van der Waals surface area contributed by atoms with Crippen molar-refractivity contribution in [3.63, 3.8) is 0 Å². The molecule has 2 aromatic heterocycles. The smallest absolute Gasteiger partial charge is 0.0770 e. The Labute approximate surface area is 170 Å². The first-order valence-electron chi connectivity index (χ1n) is 10.3. The van der Waals surface area contributed by atoms with Gasteiger partial charge in [0.25, 0.3) is 0 Å². The third-order valence-corrected chi connectivity index (χ3v) is 5.86. The van der Waals surface area contributed by atoms with Crippen molar-refractivity contribution in [2.24, 2.45) is 0 Å². The van der Waals surface area contributed by atoms with Gasteiger partial charge in [-0.2, -0.15) is 5.10 Å². The van der Waals surface area contributed by atoms with Crippen LogP contribution in [-0.4, -0.2) is 39.1 Å². The van der Waals surface area contributed by atoms with Crippen LogP contribution in [0.1, 0.15) is 48.9 Å². The van der Waals surface area contributed by atoms with E-state index in [2.05, 4.69) is 43.6 Å². The Morgan fingerprint density at radius 2 is 1.93 bits per heavy atom. The highest BCUT2D eigenvalue weighted by atomic mass is 15.3. The molecule has 2 N–H and O–H groups in total. The second-order valence-electron chi connectivity index (χ2n) is 7.87. The van der Waals surface area contributed by atoms with Crippen LogP contribution in [0, 0.1) is 5.41 Å². The lowest BCUT2D eigenvalue weighted by Crippen LogP contribution is -2.33. The van der Waals surface area contributed by atoms with Crippen molar-refractivity contribution in [1.29, 1.82) is 5.41 Å². The summed E-state index contributed by atoms with van der Waals surface area (Å²) < 4.78 is 2.04. The van der Waals surface area contributed by atoms with Crippen molar-refractivity contribution in [2.45, 2.75) is 37.6 Å². The number of benzene rings is 1. The summed E-state index contributed by atoms with van der Waals surface area (Å²) in [7, 11) is 0. The Morgan fingerprint density at radius 3 is 2.66 bits per heavy atom. The van der Waals surface area contributed by atoms with Crippen LogP contribution in [-0.2, 0) is 0 Å². The van der Waals surface area contributed by atoms with Gasteiger partial charge in [-0.25, -0.2) is 0 Å². The van der Waals surface area contributed by atoms with Crippen LogP contribution in [0.2, 0.25) is 0 Å². The van der Waals surface area contributed by atoms with Crippen molar-refractivity contribution < 1.29 is 0 Å². The number of hydrogen-bond donors (Lipinski definition) is 2. The summed E-state index contributed by atoms with van der Waals surface area (Å²) in [5, 5.41) is 15.7. The quantitative estimate of drug-likeness (QED) is 0.621. The van der Waals surface area contributed by atoms with Crippen molar-refractivity contribution >= 4 is 23.3 Å². The number of nitrogens with zero attached hydrogens (tertiary/aromatic N) is 5. The molecule has 3 heterocycles. The average molecular weight is 387 g/mol. The summed E-state index contributed by atoms with van der Waals surface area (Å²) in [4.78, 5) is 11.1. The topological polar surface area (TPSA) is 82.7 Å². The first-order valence-corrected chi connectivity index (χ1v) is 10.3. The van der Waals surface area contributed by atoms with Crippen LogP contribution < -0.4 is 10.2 Å². The van der Waals surface area contributed by atoms with Crippen molar-refractivity contribution in [3.8, 4) is 0 Å². The molecule has 1 saturated heterocycles. The van der Waals surface area contributed by atoms with Gasteiger partial charge in [0.15, 0.2) is 0 Å². The van der Waals surface area contributed by atoms with E-state index in [1.807, 2.05) is 23.1 Å². The van der Waals surface area contributed by atoms with E-state index in [1.54, 1.807) is 12.4 Å². The predicted molar refractivity (Wildman–Crippen MR) is 114 cm³/mol. The van der Waals surface area contributed by atoms with E-state index >= 15 is 0 Å². The van der Waals surface area contributed by atoms with Gasteiger partial charge in [0, 0.05) is 66.9 Å². The number of anilines is 3. The second-order valence-corrected chi connectivity index (χ2v) is 7.87. The minimum absolute atomic E-state index is 0.478. The summed E-state index contributed by atoms with van der Waals surface area (Å²) >= 11 is 0. The van der Waals surface area contributed by atoms with E-state index < -0.39 is 0 Å². The van der Waals surface area contributed by atoms with Crippen LogP contribution in [0.5, 0.6) is 0 Å². The molecule has 29 heavy (non-hydrogen) atoms. The third-order valence-electron chi connectivity index (χ3n) is 5.86. The van der Waals surface area contributed by atoms with Crippen molar-refractivity contribution in [3.05, 3.63) is 60.4 Å². The maximum absolute atomic E-state index is 7.76. The maximum Gasteiger partial charge on any atom is 0.0770 e. The van der Waals surface area contributed by atoms with Gasteiger partial charge in [-0.15, -0.1) is 0 Å². The predicted octanol–water partition coefficient (Wildman–Crippen LogP) is 4.13. The standard InChI is InChI=1S/C22H25N7/c23-12-17-1-2-20(11-21(17)27-18-13-26-29(15-18)19-3-4-19)28-9-5-16(6-10-28)22-14-24-7-8-25-22/h1-2,7-8,11-16,19,23,27H,3-6,9-10H2. The van der Waals surface area contributed by atoms with E-state index in [0.29, 0.717) is 12.0 Å². The van der Waals surface area contributed by atoms with Gasteiger partial charge in [0.2, 0.25) is 0 Å². The summed E-state index contributed by atoms with van der Waals surface area (Å²) in [6, 6.07) is 6.85. The summed E-state index contributed by atoms with van der Waals surface area (Å²) in [6.45, 7) is 1.98. The number of nitrogens with one attached hydrogen (secondary N) is 2. The van der Waals surface area contributed by atoms with Crippen LogP contribution in [0.3, 0.4) is 0 Å². The van der Waals surface area contributed by atoms with E-state index in [9.17, 15) is 0 Å². The Morgan fingerprint density at radius 1 is 1.07 bits per heavy atom. The molecule has 3 aromatic rings. The van der Waals surface area contributed by atoms with Gasteiger partial charge < -0.3 is 15.6 Å². The van der Waals surface area contributed by atoms with Crippen LogP contribution in [0.15, 0.2) is 49.2 Å². The number of aromatic nitrogens is 4. The lowest BCUT2D eigenvalue weighted by molar-refractivity contribution is 0.495. The molecule has 7 heteroatoms. The molecule has 0 atom stereocenters. The third kappa shape index (κ3) is 3.85. The minimum Gasteiger partial charge on any atom is -0.371 e. The highest BCUT2D eigenvalue weighted by molar-refractivity contribution is 5.89. The van der Waals surface area contributed by atoms with E-state index in [4.69, 9.17) is 5.41 Å². The largest absolute Gasteiger partial charge is 0.371 e. The molecular weight excluding hydrogens is 362 g/mol. The number of hydrogen-bond acceptors (Lipinski definition) is 6. The molecule has 2 aliphatic rings. The van der Waals surface area contributed by atoms with Gasteiger partial charge >= 0.3 is 0 Å². The molecule has 2 fully saturated rings. The molecule has 0 spiro atoms. The Balaban J connectivity index is 1.30. The lowest BCUT2D eigenvalue weighted by atomic mass is 9.93. The molecule has 7 nitrogen and oxygen atoms in total.